The zero-order valence-corrected chi connectivity index (χ0v) is 14.1. The molecule has 21 heavy (non-hydrogen) atoms. The molecule has 2 rings (SSSR count). The lowest BCUT2D eigenvalue weighted by Crippen LogP contribution is -2.05. The van der Waals surface area contributed by atoms with Crippen molar-refractivity contribution in [1.29, 1.82) is 0 Å². The number of ether oxygens (including phenoxy) is 1. The summed E-state index contributed by atoms with van der Waals surface area (Å²) >= 11 is 1.72. The number of nitrogens with zero attached hydrogens (tertiary/aromatic N) is 1. The van der Waals surface area contributed by atoms with Gasteiger partial charge in [0.25, 0.3) is 0 Å². The first-order chi connectivity index (χ1) is 10.0. The fourth-order valence-corrected chi connectivity index (χ4v) is 3.43. The van der Waals surface area contributed by atoms with E-state index in [9.17, 15) is 0 Å². The SMILES string of the molecule is CCc1nc(CCOc2ccc(C)cc2C)sc1C(C)N. The molecule has 0 aliphatic carbocycles. The lowest BCUT2D eigenvalue weighted by molar-refractivity contribution is 0.319. The molecule has 0 bridgehead atoms. The number of aryl methyl sites for hydroxylation is 3. The zero-order valence-electron chi connectivity index (χ0n) is 13.3. The van der Waals surface area contributed by atoms with Crippen LogP contribution in [0.2, 0.25) is 0 Å². The molecule has 0 amide bonds. The van der Waals surface area contributed by atoms with E-state index in [1.807, 2.05) is 13.0 Å². The zero-order chi connectivity index (χ0) is 15.4. The Hall–Kier alpha value is -1.39. The maximum Gasteiger partial charge on any atom is 0.122 e. The normalized spacial score (nSPS) is 12.4. The summed E-state index contributed by atoms with van der Waals surface area (Å²) in [5.74, 6) is 0.959. The number of hydrogen-bond acceptors (Lipinski definition) is 4. The third-order valence-corrected chi connectivity index (χ3v) is 4.78. The molecule has 0 aliphatic heterocycles. The quantitative estimate of drug-likeness (QED) is 0.878. The maximum atomic E-state index is 6.00. The van der Waals surface area contributed by atoms with Crippen molar-refractivity contribution in [2.75, 3.05) is 6.61 Å². The van der Waals surface area contributed by atoms with E-state index < -0.39 is 0 Å². The summed E-state index contributed by atoms with van der Waals surface area (Å²) in [5.41, 5.74) is 9.57. The van der Waals surface area contributed by atoms with Crippen LogP contribution in [-0.2, 0) is 12.8 Å². The molecule has 1 aromatic carbocycles. The molecular formula is C17H24N2OS. The van der Waals surface area contributed by atoms with Crippen molar-refractivity contribution in [1.82, 2.24) is 4.98 Å². The van der Waals surface area contributed by atoms with E-state index in [1.54, 1.807) is 11.3 Å². The molecule has 1 heterocycles. The summed E-state index contributed by atoms with van der Waals surface area (Å²) in [5, 5.41) is 1.11. The predicted octanol–water partition coefficient (Wildman–Crippen LogP) is 3.96. The Balaban J connectivity index is 1.97. The van der Waals surface area contributed by atoms with E-state index in [0.29, 0.717) is 6.61 Å². The summed E-state index contributed by atoms with van der Waals surface area (Å²) < 4.78 is 5.87. The van der Waals surface area contributed by atoms with Crippen molar-refractivity contribution in [2.24, 2.45) is 5.73 Å². The van der Waals surface area contributed by atoms with E-state index in [1.165, 1.54) is 16.0 Å². The molecular weight excluding hydrogens is 280 g/mol. The van der Waals surface area contributed by atoms with E-state index in [-0.39, 0.29) is 6.04 Å². The van der Waals surface area contributed by atoms with Crippen LogP contribution in [0.4, 0.5) is 0 Å². The van der Waals surface area contributed by atoms with Crippen LogP contribution in [0.3, 0.4) is 0 Å². The predicted molar refractivity (Wildman–Crippen MR) is 89.2 cm³/mol. The summed E-state index contributed by atoms with van der Waals surface area (Å²) in [4.78, 5) is 5.88. The lowest BCUT2D eigenvalue weighted by atomic mass is 10.1. The number of nitrogens with two attached hydrogens (primary N) is 1. The Labute approximate surface area is 131 Å². The molecule has 3 nitrogen and oxygen atoms in total. The van der Waals surface area contributed by atoms with E-state index in [0.717, 1.165) is 29.3 Å². The van der Waals surface area contributed by atoms with Crippen LogP contribution in [0.1, 0.15) is 46.6 Å². The van der Waals surface area contributed by atoms with Gasteiger partial charge in [-0.25, -0.2) is 4.98 Å². The molecule has 0 saturated carbocycles. The van der Waals surface area contributed by atoms with Crippen molar-refractivity contribution in [2.45, 2.75) is 46.6 Å². The molecule has 114 valence electrons. The Bertz CT molecular complexity index is 605. The van der Waals surface area contributed by atoms with Crippen LogP contribution in [0.15, 0.2) is 18.2 Å². The van der Waals surface area contributed by atoms with Crippen LogP contribution in [0.25, 0.3) is 0 Å². The van der Waals surface area contributed by atoms with Gasteiger partial charge in [0, 0.05) is 17.3 Å². The van der Waals surface area contributed by atoms with Gasteiger partial charge in [0.15, 0.2) is 0 Å². The third-order valence-electron chi connectivity index (χ3n) is 3.42. The average Bonchev–Trinajstić information content (AvgIpc) is 2.85. The van der Waals surface area contributed by atoms with Crippen molar-refractivity contribution in [3.8, 4) is 5.75 Å². The number of benzene rings is 1. The minimum Gasteiger partial charge on any atom is -0.493 e. The van der Waals surface area contributed by atoms with Gasteiger partial charge in [-0.05, 0) is 38.8 Å². The molecule has 1 aromatic heterocycles. The number of aromatic nitrogens is 1. The monoisotopic (exact) mass is 304 g/mol. The van der Waals surface area contributed by atoms with E-state index in [2.05, 4.69) is 37.9 Å². The Morgan fingerprint density at radius 1 is 1.33 bits per heavy atom. The van der Waals surface area contributed by atoms with E-state index >= 15 is 0 Å². The molecule has 0 radical (unpaired) electrons. The Morgan fingerprint density at radius 2 is 2.10 bits per heavy atom. The summed E-state index contributed by atoms with van der Waals surface area (Å²) in [6, 6.07) is 6.32. The fourth-order valence-electron chi connectivity index (χ4n) is 2.34. The molecule has 0 aliphatic rings. The van der Waals surface area contributed by atoms with Crippen LogP contribution < -0.4 is 10.5 Å². The van der Waals surface area contributed by atoms with Crippen molar-refractivity contribution in [3.05, 3.63) is 44.9 Å². The van der Waals surface area contributed by atoms with Crippen molar-refractivity contribution in [3.63, 3.8) is 0 Å². The summed E-state index contributed by atoms with van der Waals surface area (Å²) in [6.07, 6.45) is 1.77. The van der Waals surface area contributed by atoms with Gasteiger partial charge >= 0.3 is 0 Å². The van der Waals surface area contributed by atoms with E-state index in [4.69, 9.17) is 10.5 Å². The minimum atomic E-state index is 0.0615. The molecule has 4 heteroatoms. The smallest absolute Gasteiger partial charge is 0.122 e. The summed E-state index contributed by atoms with van der Waals surface area (Å²) in [7, 11) is 0. The van der Waals surface area contributed by atoms with Crippen LogP contribution in [0, 0.1) is 13.8 Å². The van der Waals surface area contributed by atoms with Gasteiger partial charge in [-0.15, -0.1) is 11.3 Å². The van der Waals surface area contributed by atoms with Crippen molar-refractivity contribution >= 4 is 11.3 Å². The lowest BCUT2D eigenvalue weighted by Gasteiger charge is -2.08. The van der Waals surface area contributed by atoms with Gasteiger partial charge in [0.2, 0.25) is 0 Å². The fraction of sp³-hybridized carbons (Fsp3) is 0.471. The van der Waals surface area contributed by atoms with Gasteiger partial charge in [0.1, 0.15) is 5.75 Å². The first-order valence-corrected chi connectivity index (χ1v) is 8.27. The third kappa shape index (κ3) is 4.05. The number of rotatable bonds is 6. The average molecular weight is 304 g/mol. The topological polar surface area (TPSA) is 48.1 Å². The highest BCUT2D eigenvalue weighted by atomic mass is 32.1. The number of thiazole rings is 1. The Kier molecular flexibility index (Phi) is 5.37. The molecule has 0 fully saturated rings. The number of hydrogen-bond donors (Lipinski definition) is 1. The maximum absolute atomic E-state index is 6.00. The molecule has 2 aromatic rings. The largest absolute Gasteiger partial charge is 0.493 e. The molecule has 1 unspecified atom stereocenters. The highest BCUT2D eigenvalue weighted by Crippen LogP contribution is 2.25. The van der Waals surface area contributed by atoms with Gasteiger partial charge in [-0.3, -0.25) is 0 Å². The second-order valence-electron chi connectivity index (χ2n) is 5.43. The summed E-state index contributed by atoms with van der Waals surface area (Å²) in [6.45, 7) is 8.96. The van der Waals surface area contributed by atoms with Crippen LogP contribution >= 0.6 is 11.3 Å². The van der Waals surface area contributed by atoms with Crippen LogP contribution in [0.5, 0.6) is 5.75 Å². The van der Waals surface area contributed by atoms with Gasteiger partial charge in [0.05, 0.1) is 17.3 Å². The molecule has 2 N–H and O–H groups in total. The first kappa shape index (κ1) is 16.0. The second kappa shape index (κ2) is 7.05. The van der Waals surface area contributed by atoms with Crippen molar-refractivity contribution < 1.29 is 4.74 Å². The van der Waals surface area contributed by atoms with Gasteiger partial charge in [-0.1, -0.05) is 24.6 Å². The highest BCUT2D eigenvalue weighted by molar-refractivity contribution is 7.11. The Morgan fingerprint density at radius 3 is 2.67 bits per heavy atom. The first-order valence-electron chi connectivity index (χ1n) is 7.45. The van der Waals surface area contributed by atoms with Gasteiger partial charge in [-0.2, -0.15) is 0 Å². The molecule has 1 atom stereocenters. The van der Waals surface area contributed by atoms with Crippen LogP contribution in [-0.4, -0.2) is 11.6 Å². The second-order valence-corrected chi connectivity index (χ2v) is 6.54. The minimum absolute atomic E-state index is 0.0615. The standard InChI is InChI=1S/C17H24N2OS/c1-5-14-17(13(4)18)21-16(19-14)8-9-20-15-7-6-11(2)10-12(15)3/h6-7,10,13H,5,8-9,18H2,1-4H3. The van der Waals surface area contributed by atoms with Gasteiger partial charge < -0.3 is 10.5 Å². The molecule has 0 saturated heterocycles. The highest BCUT2D eigenvalue weighted by Gasteiger charge is 2.13. The molecule has 0 spiro atoms.